The minimum Gasteiger partial charge on any atom is -0.496 e. The van der Waals surface area contributed by atoms with Crippen LogP contribution in [0.3, 0.4) is 0 Å². The Morgan fingerprint density at radius 3 is 2.72 bits per heavy atom. The van der Waals surface area contributed by atoms with Gasteiger partial charge in [0.15, 0.2) is 5.82 Å². The Bertz CT molecular complexity index is 1380. The Morgan fingerprint density at radius 1 is 1.11 bits per heavy atom. The number of ether oxygens (including phenoxy) is 2. The van der Waals surface area contributed by atoms with Gasteiger partial charge in [0.05, 0.1) is 13.7 Å². The number of aromatic nitrogens is 2. The van der Waals surface area contributed by atoms with Crippen LogP contribution in [0.2, 0.25) is 5.02 Å². The maximum Gasteiger partial charge on any atom is 0.249 e. The van der Waals surface area contributed by atoms with Crippen LogP contribution < -0.4 is 14.8 Å². The van der Waals surface area contributed by atoms with Crippen molar-refractivity contribution in [2.45, 2.75) is 20.1 Å². The number of para-hydroxylation sites is 1. The molecule has 0 saturated heterocycles. The number of rotatable bonds is 9. The van der Waals surface area contributed by atoms with Gasteiger partial charge in [-0.15, -0.1) is 0 Å². The highest BCUT2D eigenvalue weighted by Crippen LogP contribution is 2.24. The van der Waals surface area contributed by atoms with E-state index in [2.05, 4.69) is 10.4 Å². The number of anilines is 1. The Kier molecular flexibility index (Phi) is 8.02. The molecule has 0 saturated carbocycles. The van der Waals surface area contributed by atoms with Gasteiger partial charge in [0.1, 0.15) is 23.9 Å². The third-order valence-electron chi connectivity index (χ3n) is 5.48. The van der Waals surface area contributed by atoms with Crippen LogP contribution in [0.1, 0.15) is 22.3 Å². The summed E-state index contributed by atoms with van der Waals surface area (Å²) in [6.07, 6.45) is 4.76. The summed E-state index contributed by atoms with van der Waals surface area (Å²) >= 11 is 6.08. The van der Waals surface area contributed by atoms with Crippen LogP contribution in [-0.2, 0) is 17.9 Å². The molecule has 4 aromatic rings. The van der Waals surface area contributed by atoms with Crippen molar-refractivity contribution >= 4 is 29.4 Å². The summed E-state index contributed by atoms with van der Waals surface area (Å²) in [7, 11) is 1.61. The fourth-order valence-electron chi connectivity index (χ4n) is 3.59. The van der Waals surface area contributed by atoms with Gasteiger partial charge in [-0.05, 0) is 54.5 Å². The van der Waals surface area contributed by atoms with Crippen LogP contribution in [0.5, 0.6) is 11.5 Å². The zero-order valence-electron chi connectivity index (χ0n) is 19.9. The first-order chi connectivity index (χ1) is 17.4. The summed E-state index contributed by atoms with van der Waals surface area (Å²) in [5, 5.41) is 7.30. The van der Waals surface area contributed by atoms with Crippen molar-refractivity contribution in [3.63, 3.8) is 0 Å². The van der Waals surface area contributed by atoms with E-state index in [1.165, 1.54) is 16.8 Å². The average Bonchev–Trinajstić information content (AvgIpc) is 3.31. The molecule has 0 atom stereocenters. The Hall–Kier alpha value is -4.10. The molecule has 184 valence electrons. The topological polar surface area (TPSA) is 65.4 Å². The van der Waals surface area contributed by atoms with Crippen LogP contribution in [0, 0.1) is 12.7 Å². The number of halogens is 2. The standard InChI is InChI=1S/C28H25ClFN3O3/c1-19-6-3-4-9-25(19)36-18-21-16-20(10-12-26(21)35-2)11-13-28(34)31-27-14-15-33(32-27)17-22-23(29)7-5-8-24(22)30/h3-16H,17-18H2,1-2H3,(H,31,32,34)/b13-11+. The molecule has 0 aliphatic carbocycles. The largest absolute Gasteiger partial charge is 0.496 e. The minimum absolute atomic E-state index is 0.149. The predicted octanol–water partition coefficient (Wildman–Crippen LogP) is 6.27. The minimum atomic E-state index is -0.408. The number of nitrogens with one attached hydrogen (secondary N) is 1. The van der Waals surface area contributed by atoms with Crippen molar-refractivity contribution in [3.8, 4) is 11.5 Å². The molecule has 3 aromatic carbocycles. The van der Waals surface area contributed by atoms with Crippen molar-refractivity contribution in [3.05, 3.63) is 112 Å². The molecule has 1 aromatic heterocycles. The van der Waals surface area contributed by atoms with Gasteiger partial charge in [-0.3, -0.25) is 9.48 Å². The van der Waals surface area contributed by atoms with Crippen LogP contribution >= 0.6 is 11.6 Å². The number of aryl methyl sites for hydroxylation is 1. The molecule has 1 N–H and O–H groups in total. The maximum atomic E-state index is 14.0. The Labute approximate surface area is 213 Å². The summed E-state index contributed by atoms with van der Waals surface area (Å²) in [6.45, 7) is 2.46. The predicted molar refractivity (Wildman–Crippen MR) is 139 cm³/mol. The van der Waals surface area contributed by atoms with Gasteiger partial charge in [-0.2, -0.15) is 5.10 Å². The summed E-state index contributed by atoms with van der Waals surface area (Å²) in [6, 6.07) is 19.5. The number of carbonyl (C=O) groups is 1. The smallest absolute Gasteiger partial charge is 0.249 e. The van der Waals surface area contributed by atoms with E-state index in [1.807, 2.05) is 49.4 Å². The van der Waals surface area contributed by atoms with Gasteiger partial charge in [0.2, 0.25) is 5.91 Å². The first kappa shape index (κ1) is 25.0. The molecule has 0 fully saturated rings. The molecule has 1 heterocycles. The second-order valence-corrected chi connectivity index (χ2v) is 8.45. The van der Waals surface area contributed by atoms with E-state index >= 15 is 0 Å². The molecule has 0 aliphatic heterocycles. The fourth-order valence-corrected chi connectivity index (χ4v) is 3.81. The van der Waals surface area contributed by atoms with Crippen molar-refractivity contribution in [2.24, 2.45) is 0 Å². The third-order valence-corrected chi connectivity index (χ3v) is 5.84. The number of methoxy groups -OCH3 is 1. The maximum absolute atomic E-state index is 14.0. The molecular formula is C28H25ClFN3O3. The summed E-state index contributed by atoms with van der Waals surface area (Å²) < 4.78 is 26.9. The van der Waals surface area contributed by atoms with E-state index in [0.717, 1.165) is 22.4 Å². The van der Waals surface area contributed by atoms with E-state index in [4.69, 9.17) is 21.1 Å². The summed E-state index contributed by atoms with van der Waals surface area (Å²) in [5.74, 6) is 1.09. The molecule has 36 heavy (non-hydrogen) atoms. The molecule has 0 bridgehead atoms. The second-order valence-electron chi connectivity index (χ2n) is 8.05. The zero-order valence-corrected chi connectivity index (χ0v) is 20.6. The van der Waals surface area contributed by atoms with Gasteiger partial charge in [-0.1, -0.05) is 41.9 Å². The molecule has 0 aliphatic rings. The van der Waals surface area contributed by atoms with E-state index in [1.54, 1.807) is 37.6 Å². The highest BCUT2D eigenvalue weighted by atomic mass is 35.5. The molecule has 8 heteroatoms. The Balaban J connectivity index is 1.39. The average molecular weight is 506 g/mol. The van der Waals surface area contributed by atoms with Crippen molar-refractivity contribution in [1.82, 2.24) is 9.78 Å². The quantitative estimate of drug-likeness (QED) is 0.272. The number of carbonyl (C=O) groups excluding carboxylic acids is 1. The molecular weight excluding hydrogens is 481 g/mol. The molecule has 0 unspecified atom stereocenters. The number of benzene rings is 3. The van der Waals surface area contributed by atoms with Crippen LogP contribution in [0.15, 0.2) is 79.0 Å². The lowest BCUT2D eigenvalue weighted by atomic mass is 10.1. The van der Waals surface area contributed by atoms with Gasteiger partial charge in [0, 0.05) is 34.5 Å². The van der Waals surface area contributed by atoms with Crippen LogP contribution in [-0.4, -0.2) is 22.8 Å². The Morgan fingerprint density at radius 2 is 1.94 bits per heavy atom. The number of amides is 1. The zero-order chi connectivity index (χ0) is 25.5. The summed E-state index contributed by atoms with van der Waals surface area (Å²) in [5.41, 5.74) is 3.05. The lowest BCUT2D eigenvalue weighted by Crippen LogP contribution is -2.10. The van der Waals surface area contributed by atoms with Gasteiger partial charge < -0.3 is 14.8 Å². The molecule has 6 nitrogen and oxygen atoms in total. The number of nitrogens with zero attached hydrogens (tertiary/aromatic N) is 2. The normalized spacial score (nSPS) is 11.0. The first-order valence-electron chi connectivity index (χ1n) is 11.2. The highest BCUT2D eigenvalue weighted by Gasteiger charge is 2.10. The third kappa shape index (κ3) is 6.31. The van der Waals surface area contributed by atoms with E-state index in [0.29, 0.717) is 28.8 Å². The molecule has 0 radical (unpaired) electrons. The van der Waals surface area contributed by atoms with Crippen molar-refractivity contribution in [1.29, 1.82) is 0 Å². The van der Waals surface area contributed by atoms with Crippen molar-refractivity contribution in [2.75, 3.05) is 12.4 Å². The van der Waals surface area contributed by atoms with E-state index < -0.39 is 5.82 Å². The van der Waals surface area contributed by atoms with Crippen molar-refractivity contribution < 1.29 is 18.7 Å². The number of hydrogen-bond acceptors (Lipinski definition) is 4. The molecule has 0 spiro atoms. The lowest BCUT2D eigenvalue weighted by molar-refractivity contribution is -0.111. The molecule has 4 rings (SSSR count). The van der Waals surface area contributed by atoms with E-state index in [9.17, 15) is 9.18 Å². The highest BCUT2D eigenvalue weighted by molar-refractivity contribution is 6.31. The number of hydrogen-bond donors (Lipinski definition) is 1. The fraction of sp³-hybridized carbons (Fsp3) is 0.143. The monoisotopic (exact) mass is 505 g/mol. The van der Waals surface area contributed by atoms with Crippen LogP contribution in [0.25, 0.3) is 6.08 Å². The van der Waals surface area contributed by atoms with E-state index in [-0.39, 0.29) is 12.5 Å². The van der Waals surface area contributed by atoms with Crippen LogP contribution in [0.4, 0.5) is 10.2 Å². The first-order valence-corrected chi connectivity index (χ1v) is 11.6. The molecule has 1 amide bonds. The SMILES string of the molecule is COc1ccc(/C=C/C(=O)Nc2ccn(Cc3c(F)cccc3Cl)n2)cc1COc1ccccc1C. The lowest BCUT2D eigenvalue weighted by Gasteiger charge is -2.12. The van der Waals surface area contributed by atoms with Gasteiger partial charge in [0.25, 0.3) is 0 Å². The second kappa shape index (κ2) is 11.6. The van der Waals surface area contributed by atoms with Gasteiger partial charge >= 0.3 is 0 Å². The van der Waals surface area contributed by atoms with Gasteiger partial charge in [-0.25, -0.2) is 4.39 Å². The summed E-state index contributed by atoms with van der Waals surface area (Å²) in [4.78, 5) is 12.4.